The molecule has 36 heavy (non-hydrogen) atoms. The van der Waals surface area contributed by atoms with E-state index in [1.54, 1.807) is 48.2 Å². The zero-order valence-electron chi connectivity index (χ0n) is 19.5. The van der Waals surface area contributed by atoms with Crippen molar-refractivity contribution < 1.29 is 26.8 Å². The molecule has 0 bridgehead atoms. The van der Waals surface area contributed by atoms with Crippen LogP contribution in [0.5, 0.6) is 0 Å². The topological polar surface area (TPSA) is 95.6 Å². The fourth-order valence-electron chi connectivity index (χ4n) is 4.09. The van der Waals surface area contributed by atoms with Gasteiger partial charge < -0.3 is 10.2 Å². The second-order valence-corrected chi connectivity index (χ2v) is 10.1. The quantitative estimate of drug-likeness (QED) is 0.479. The molecule has 0 radical (unpaired) electrons. The maximum atomic E-state index is 13.6. The standard InChI is InChI=1S/C26H25F2N3O4S/c1-2-25(32)31-13-12-18-15-20(9-11-24(18)31)36(34,35)30-23(14-17-6-4-3-5-7-17)26(33)29-19-8-10-21(27)22(28)16-19/h3-11,15-16,23,30H,2,12-14H2,1H3,(H,29,33). The van der Waals surface area contributed by atoms with Gasteiger partial charge in [-0.3, -0.25) is 9.59 Å². The first-order valence-corrected chi connectivity index (χ1v) is 12.9. The van der Waals surface area contributed by atoms with E-state index in [0.29, 0.717) is 30.6 Å². The lowest BCUT2D eigenvalue weighted by Gasteiger charge is -2.20. The van der Waals surface area contributed by atoms with Gasteiger partial charge in [-0.25, -0.2) is 17.2 Å². The van der Waals surface area contributed by atoms with E-state index in [9.17, 15) is 26.8 Å². The smallest absolute Gasteiger partial charge is 0.242 e. The largest absolute Gasteiger partial charge is 0.325 e. The van der Waals surface area contributed by atoms with Gasteiger partial charge in [0.05, 0.1) is 4.90 Å². The van der Waals surface area contributed by atoms with E-state index in [-0.39, 0.29) is 22.9 Å². The first kappa shape index (κ1) is 25.5. The van der Waals surface area contributed by atoms with E-state index >= 15 is 0 Å². The van der Waals surface area contributed by atoms with E-state index < -0.39 is 33.6 Å². The molecule has 0 saturated carbocycles. The van der Waals surface area contributed by atoms with E-state index in [0.717, 1.165) is 17.7 Å². The molecule has 1 heterocycles. The van der Waals surface area contributed by atoms with Crippen LogP contribution in [-0.2, 0) is 32.5 Å². The molecular formula is C26H25F2N3O4S. The van der Waals surface area contributed by atoms with Gasteiger partial charge >= 0.3 is 0 Å². The summed E-state index contributed by atoms with van der Waals surface area (Å²) in [6.45, 7) is 2.24. The molecular weight excluding hydrogens is 488 g/mol. The Balaban J connectivity index is 1.59. The number of rotatable bonds is 8. The lowest BCUT2D eigenvalue weighted by Crippen LogP contribution is -2.45. The van der Waals surface area contributed by atoms with Crippen LogP contribution in [0.4, 0.5) is 20.2 Å². The van der Waals surface area contributed by atoms with E-state index in [2.05, 4.69) is 10.0 Å². The monoisotopic (exact) mass is 513 g/mol. The number of nitrogens with zero attached hydrogens (tertiary/aromatic N) is 1. The predicted molar refractivity (Wildman–Crippen MR) is 132 cm³/mol. The second-order valence-electron chi connectivity index (χ2n) is 8.42. The molecule has 0 saturated heterocycles. The van der Waals surface area contributed by atoms with Gasteiger partial charge in [0, 0.05) is 30.4 Å². The Morgan fingerprint density at radius 2 is 1.75 bits per heavy atom. The highest BCUT2D eigenvalue weighted by molar-refractivity contribution is 7.89. The zero-order chi connectivity index (χ0) is 25.9. The second kappa shape index (κ2) is 10.5. The molecule has 0 aromatic heterocycles. The van der Waals surface area contributed by atoms with Crippen molar-refractivity contribution in [1.82, 2.24) is 4.72 Å². The van der Waals surface area contributed by atoms with E-state index in [1.807, 2.05) is 0 Å². The van der Waals surface area contributed by atoms with Crippen molar-refractivity contribution in [1.29, 1.82) is 0 Å². The normalized spacial score (nSPS) is 13.8. The molecule has 188 valence electrons. The molecule has 1 aliphatic heterocycles. The van der Waals surface area contributed by atoms with Gasteiger partial charge in [-0.15, -0.1) is 0 Å². The summed E-state index contributed by atoms with van der Waals surface area (Å²) < 4.78 is 55.9. The Hall–Kier alpha value is -3.63. The van der Waals surface area contributed by atoms with Gasteiger partial charge in [-0.05, 0) is 54.3 Å². The van der Waals surface area contributed by atoms with Crippen LogP contribution in [0.2, 0.25) is 0 Å². The Morgan fingerprint density at radius 3 is 2.44 bits per heavy atom. The molecule has 10 heteroatoms. The van der Waals surface area contributed by atoms with Gasteiger partial charge in [0.1, 0.15) is 6.04 Å². The van der Waals surface area contributed by atoms with Crippen molar-refractivity contribution in [2.24, 2.45) is 0 Å². The molecule has 2 amide bonds. The minimum absolute atomic E-state index is 0.00521. The number of amides is 2. The fraction of sp³-hybridized carbons (Fsp3) is 0.231. The number of fused-ring (bicyclic) bond motifs is 1. The number of benzene rings is 3. The Morgan fingerprint density at radius 1 is 1.00 bits per heavy atom. The molecule has 0 spiro atoms. The third kappa shape index (κ3) is 5.60. The SMILES string of the molecule is CCC(=O)N1CCc2cc(S(=O)(=O)NC(Cc3ccccc3)C(=O)Nc3ccc(F)c(F)c3)ccc21. The Bertz CT molecular complexity index is 1400. The molecule has 0 aliphatic carbocycles. The summed E-state index contributed by atoms with van der Waals surface area (Å²) in [6.07, 6.45) is 0.892. The summed E-state index contributed by atoms with van der Waals surface area (Å²) in [4.78, 5) is 26.8. The third-order valence-electron chi connectivity index (χ3n) is 5.94. The van der Waals surface area contributed by atoms with Gasteiger partial charge in [0.25, 0.3) is 0 Å². The van der Waals surface area contributed by atoms with Crippen LogP contribution in [0.15, 0.2) is 71.6 Å². The minimum atomic E-state index is -4.14. The first-order valence-electron chi connectivity index (χ1n) is 11.4. The van der Waals surface area contributed by atoms with Crippen LogP contribution in [0.3, 0.4) is 0 Å². The van der Waals surface area contributed by atoms with Crippen LogP contribution >= 0.6 is 0 Å². The highest BCUT2D eigenvalue weighted by Gasteiger charge is 2.29. The molecule has 2 N–H and O–H groups in total. The number of anilines is 2. The van der Waals surface area contributed by atoms with Gasteiger partial charge in [0.15, 0.2) is 11.6 Å². The van der Waals surface area contributed by atoms with Crippen molar-refractivity contribution in [3.63, 3.8) is 0 Å². The number of sulfonamides is 1. The maximum absolute atomic E-state index is 13.6. The summed E-state index contributed by atoms with van der Waals surface area (Å²) >= 11 is 0. The third-order valence-corrected chi connectivity index (χ3v) is 7.41. The number of hydrogen-bond acceptors (Lipinski definition) is 4. The molecule has 1 unspecified atom stereocenters. The van der Waals surface area contributed by atoms with E-state index in [4.69, 9.17) is 0 Å². The van der Waals surface area contributed by atoms with Crippen molar-refractivity contribution in [2.75, 3.05) is 16.8 Å². The first-order chi connectivity index (χ1) is 17.2. The molecule has 1 aliphatic rings. The predicted octanol–water partition coefficient (Wildman–Crippen LogP) is 3.79. The molecule has 3 aromatic rings. The fourth-order valence-corrected chi connectivity index (χ4v) is 5.34. The van der Waals surface area contributed by atoms with Crippen LogP contribution < -0.4 is 14.9 Å². The average Bonchev–Trinajstić information content (AvgIpc) is 3.29. The van der Waals surface area contributed by atoms with Crippen molar-refractivity contribution in [3.05, 3.63) is 89.5 Å². The Labute approximate surface area is 208 Å². The van der Waals surface area contributed by atoms with Crippen LogP contribution in [0.25, 0.3) is 0 Å². The van der Waals surface area contributed by atoms with Crippen LogP contribution in [0.1, 0.15) is 24.5 Å². The van der Waals surface area contributed by atoms with E-state index in [1.165, 1.54) is 18.2 Å². The van der Waals surface area contributed by atoms with Crippen LogP contribution in [-0.4, -0.2) is 32.8 Å². The van der Waals surface area contributed by atoms with Gasteiger partial charge in [-0.2, -0.15) is 4.72 Å². The zero-order valence-corrected chi connectivity index (χ0v) is 20.3. The average molecular weight is 514 g/mol. The van der Waals surface area contributed by atoms with Crippen molar-refractivity contribution in [3.8, 4) is 0 Å². The maximum Gasteiger partial charge on any atom is 0.242 e. The highest BCUT2D eigenvalue weighted by atomic mass is 32.2. The number of carbonyl (C=O) groups excluding carboxylic acids is 2. The molecule has 3 aromatic carbocycles. The Kier molecular flexibility index (Phi) is 7.46. The lowest BCUT2D eigenvalue weighted by atomic mass is 10.1. The molecule has 7 nitrogen and oxygen atoms in total. The summed E-state index contributed by atoms with van der Waals surface area (Å²) in [5, 5.41) is 2.45. The van der Waals surface area contributed by atoms with Gasteiger partial charge in [0.2, 0.25) is 21.8 Å². The number of halogens is 2. The highest BCUT2D eigenvalue weighted by Crippen LogP contribution is 2.30. The summed E-state index contributed by atoms with van der Waals surface area (Å²) in [7, 11) is -4.14. The minimum Gasteiger partial charge on any atom is -0.325 e. The molecule has 1 atom stereocenters. The molecule has 0 fully saturated rings. The number of nitrogens with one attached hydrogen (secondary N) is 2. The summed E-state index contributed by atoms with van der Waals surface area (Å²) in [5.74, 6) is -2.97. The lowest BCUT2D eigenvalue weighted by molar-refractivity contribution is -0.118. The number of carbonyl (C=O) groups is 2. The summed E-state index contributed by atoms with van der Waals surface area (Å²) in [5.41, 5.74) is 2.10. The van der Waals surface area contributed by atoms with Crippen molar-refractivity contribution in [2.45, 2.75) is 37.1 Å². The molecule has 4 rings (SSSR count). The van der Waals surface area contributed by atoms with Crippen molar-refractivity contribution >= 4 is 33.2 Å². The number of hydrogen-bond donors (Lipinski definition) is 2. The summed E-state index contributed by atoms with van der Waals surface area (Å²) in [6, 6.07) is 15.0. The van der Waals surface area contributed by atoms with Crippen LogP contribution in [0, 0.1) is 11.6 Å². The van der Waals surface area contributed by atoms with Gasteiger partial charge in [-0.1, -0.05) is 37.3 Å².